The molecule has 10 heteroatoms. The zero-order chi connectivity index (χ0) is 17.9. The highest BCUT2D eigenvalue weighted by molar-refractivity contribution is 8.03. The molecule has 1 amide bonds. The van der Waals surface area contributed by atoms with Gasteiger partial charge in [0, 0.05) is 6.42 Å². The van der Waals surface area contributed by atoms with Crippen molar-refractivity contribution in [3.8, 4) is 0 Å². The van der Waals surface area contributed by atoms with Gasteiger partial charge in [0.25, 0.3) is 5.91 Å². The van der Waals surface area contributed by atoms with Crippen LogP contribution >= 0.6 is 46.2 Å². The van der Waals surface area contributed by atoms with Crippen molar-refractivity contribution in [1.29, 1.82) is 0 Å². The Morgan fingerprint density at radius 2 is 2.23 bits per heavy atom. The number of hydrogen-bond donors (Lipinski definition) is 0. The topological polar surface area (TPSA) is 71.6 Å². The number of thiophene rings is 1. The number of rotatable bonds is 6. The number of furan rings is 1. The van der Waals surface area contributed by atoms with Crippen molar-refractivity contribution in [2.45, 2.75) is 21.1 Å². The molecule has 0 bridgehead atoms. The van der Waals surface area contributed by atoms with Crippen LogP contribution in [0.25, 0.3) is 0 Å². The standard InChI is InChI=1S/C16H14N4O2S4/c1-23-15-17-18-16(26-15)25-9-14(21)20-11(12-4-2-6-22-12)8-10(19-20)13-5-3-7-24-13/h2-7,11H,8-9H2,1H3. The Hall–Kier alpha value is -1.62. The second-order valence-electron chi connectivity index (χ2n) is 5.32. The number of nitrogens with zero attached hydrogens (tertiary/aromatic N) is 4. The summed E-state index contributed by atoms with van der Waals surface area (Å²) in [5.41, 5.74) is 0.917. The molecular formula is C16H14N4O2S4. The maximum atomic E-state index is 12.8. The lowest BCUT2D eigenvalue weighted by atomic mass is 10.1. The van der Waals surface area contributed by atoms with Crippen LogP contribution in [-0.4, -0.2) is 38.8 Å². The molecule has 0 radical (unpaired) electrons. The minimum Gasteiger partial charge on any atom is -0.467 e. The van der Waals surface area contributed by atoms with Gasteiger partial charge in [-0.05, 0) is 29.8 Å². The first-order chi connectivity index (χ1) is 12.7. The van der Waals surface area contributed by atoms with E-state index in [0.29, 0.717) is 6.42 Å². The van der Waals surface area contributed by atoms with Crippen molar-refractivity contribution in [3.63, 3.8) is 0 Å². The third-order valence-corrected chi connectivity index (χ3v) is 7.66. The lowest BCUT2D eigenvalue weighted by Gasteiger charge is -2.19. The van der Waals surface area contributed by atoms with Gasteiger partial charge in [-0.1, -0.05) is 40.9 Å². The Kier molecular flexibility index (Phi) is 5.44. The maximum absolute atomic E-state index is 12.8. The molecule has 6 nitrogen and oxygen atoms in total. The largest absolute Gasteiger partial charge is 0.467 e. The molecule has 0 N–H and O–H groups in total. The second kappa shape index (κ2) is 7.95. The molecule has 1 atom stereocenters. The molecule has 0 spiro atoms. The average molecular weight is 423 g/mol. The molecule has 1 aliphatic heterocycles. The van der Waals surface area contributed by atoms with Crippen molar-refractivity contribution in [2.75, 3.05) is 12.0 Å². The van der Waals surface area contributed by atoms with Gasteiger partial charge >= 0.3 is 0 Å². The van der Waals surface area contributed by atoms with Gasteiger partial charge in [0.15, 0.2) is 8.68 Å². The third-order valence-electron chi connectivity index (χ3n) is 3.72. The lowest BCUT2D eigenvalue weighted by Crippen LogP contribution is -2.28. The third kappa shape index (κ3) is 3.73. The van der Waals surface area contributed by atoms with Crippen LogP contribution in [0.2, 0.25) is 0 Å². The second-order valence-corrected chi connectivity index (χ2v) is 9.53. The normalized spacial score (nSPS) is 16.9. The quantitative estimate of drug-likeness (QED) is 0.549. The maximum Gasteiger partial charge on any atom is 0.253 e. The van der Waals surface area contributed by atoms with E-state index < -0.39 is 0 Å². The van der Waals surface area contributed by atoms with Crippen molar-refractivity contribution < 1.29 is 9.21 Å². The molecular weight excluding hydrogens is 408 g/mol. The Bertz CT molecular complexity index is 905. The van der Waals surface area contributed by atoms with Crippen molar-refractivity contribution in [3.05, 3.63) is 46.5 Å². The lowest BCUT2D eigenvalue weighted by molar-refractivity contribution is -0.130. The molecule has 4 heterocycles. The zero-order valence-electron chi connectivity index (χ0n) is 13.7. The van der Waals surface area contributed by atoms with Crippen LogP contribution in [-0.2, 0) is 4.79 Å². The van der Waals surface area contributed by atoms with Gasteiger partial charge in [-0.15, -0.1) is 21.5 Å². The number of amides is 1. The van der Waals surface area contributed by atoms with Gasteiger partial charge in [-0.3, -0.25) is 4.79 Å². The fourth-order valence-corrected chi connectivity index (χ4v) is 5.57. The van der Waals surface area contributed by atoms with Crippen LogP contribution in [0.15, 0.2) is 54.1 Å². The van der Waals surface area contributed by atoms with E-state index in [0.717, 1.165) is 25.0 Å². The molecule has 1 unspecified atom stereocenters. The summed E-state index contributed by atoms with van der Waals surface area (Å²) in [5.74, 6) is 0.949. The van der Waals surface area contributed by atoms with Gasteiger partial charge in [-0.2, -0.15) is 5.10 Å². The van der Waals surface area contributed by atoms with Crippen LogP contribution in [0.4, 0.5) is 0 Å². The summed E-state index contributed by atoms with van der Waals surface area (Å²) in [5, 5.41) is 16.3. The molecule has 0 aromatic carbocycles. The van der Waals surface area contributed by atoms with Crippen molar-refractivity contribution >= 4 is 57.8 Å². The molecule has 3 aromatic heterocycles. The van der Waals surface area contributed by atoms with E-state index in [-0.39, 0.29) is 17.7 Å². The summed E-state index contributed by atoms with van der Waals surface area (Å²) in [6.07, 6.45) is 4.24. The number of thioether (sulfide) groups is 2. The predicted octanol–water partition coefficient (Wildman–Crippen LogP) is 4.38. The van der Waals surface area contributed by atoms with Crippen molar-refractivity contribution in [2.24, 2.45) is 5.10 Å². The molecule has 4 rings (SSSR count). The molecule has 0 saturated heterocycles. The van der Waals surface area contributed by atoms with Crippen LogP contribution in [0.5, 0.6) is 0 Å². The first-order valence-corrected chi connectivity index (χ1v) is 11.6. The van der Waals surface area contributed by atoms with E-state index in [9.17, 15) is 4.79 Å². The molecule has 0 aliphatic carbocycles. The minimum atomic E-state index is -0.202. The van der Waals surface area contributed by atoms with Crippen LogP contribution in [0.1, 0.15) is 23.1 Å². The Labute approximate surface area is 166 Å². The van der Waals surface area contributed by atoms with Gasteiger partial charge in [0.2, 0.25) is 0 Å². The Morgan fingerprint density at radius 3 is 2.92 bits per heavy atom. The molecule has 26 heavy (non-hydrogen) atoms. The van der Waals surface area contributed by atoms with Gasteiger partial charge < -0.3 is 4.42 Å². The number of carbonyl (C=O) groups excluding carboxylic acids is 1. The smallest absolute Gasteiger partial charge is 0.253 e. The van der Waals surface area contributed by atoms with E-state index in [1.165, 1.54) is 23.1 Å². The van der Waals surface area contributed by atoms with E-state index in [1.807, 2.05) is 35.9 Å². The minimum absolute atomic E-state index is 0.0659. The first kappa shape index (κ1) is 17.8. The Morgan fingerprint density at radius 1 is 1.35 bits per heavy atom. The number of hydrogen-bond acceptors (Lipinski definition) is 9. The number of hydrazone groups is 1. The molecule has 134 valence electrons. The van der Waals surface area contributed by atoms with Gasteiger partial charge in [0.05, 0.1) is 22.6 Å². The monoisotopic (exact) mass is 422 g/mol. The van der Waals surface area contributed by atoms with Crippen LogP contribution in [0.3, 0.4) is 0 Å². The fourth-order valence-electron chi connectivity index (χ4n) is 2.56. The predicted molar refractivity (Wildman–Crippen MR) is 106 cm³/mol. The molecule has 1 aliphatic rings. The highest BCUT2D eigenvalue weighted by Gasteiger charge is 2.35. The summed E-state index contributed by atoms with van der Waals surface area (Å²) in [6, 6.07) is 7.54. The summed E-state index contributed by atoms with van der Waals surface area (Å²) < 4.78 is 7.24. The molecule has 0 saturated carbocycles. The van der Waals surface area contributed by atoms with E-state index in [1.54, 1.807) is 34.4 Å². The SMILES string of the molecule is CSc1nnc(SCC(=O)N2N=C(c3cccs3)CC2c2ccco2)s1. The summed E-state index contributed by atoms with van der Waals surface area (Å²) in [6.45, 7) is 0. The van der Waals surface area contributed by atoms with Gasteiger partial charge in [-0.25, -0.2) is 5.01 Å². The van der Waals surface area contributed by atoms with Crippen molar-refractivity contribution in [1.82, 2.24) is 15.2 Å². The summed E-state index contributed by atoms with van der Waals surface area (Å²) in [7, 11) is 0. The molecule has 3 aromatic rings. The highest BCUT2D eigenvalue weighted by Crippen LogP contribution is 2.35. The summed E-state index contributed by atoms with van der Waals surface area (Å²) in [4.78, 5) is 13.9. The first-order valence-electron chi connectivity index (χ1n) is 7.71. The van der Waals surface area contributed by atoms with Gasteiger partial charge in [0.1, 0.15) is 11.8 Å². The highest BCUT2D eigenvalue weighted by atomic mass is 32.2. The average Bonchev–Trinajstić information content (AvgIpc) is 3.45. The number of aromatic nitrogens is 2. The molecule has 0 fully saturated rings. The summed E-state index contributed by atoms with van der Waals surface area (Å²) >= 11 is 6.06. The fraction of sp³-hybridized carbons (Fsp3) is 0.250. The van der Waals surface area contributed by atoms with E-state index in [2.05, 4.69) is 15.3 Å². The van der Waals surface area contributed by atoms with E-state index in [4.69, 9.17) is 4.42 Å². The zero-order valence-corrected chi connectivity index (χ0v) is 17.0. The van der Waals surface area contributed by atoms with Crippen LogP contribution < -0.4 is 0 Å². The van der Waals surface area contributed by atoms with Crippen LogP contribution in [0, 0.1) is 0 Å². The number of carbonyl (C=O) groups is 1. The Balaban J connectivity index is 1.51. The van der Waals surface area contributed by atoms with E-state index >= 15 is 0 Å².